The molecule has 4 rings (SSSR count). The smallest absolute Gasteiger partial charge is 0.250 e. The van der Waals surface area contributed by atoms with Crippen LogP contribution in [0.2, 0.25) is 5.02 Å². The van der Waals surface area contributed by atoms with Gasteiger partial charge in [0.15, 0.2) is 5.65 Å². The number of hydrogen-bond donors (Lipinski definition) is 1. The Labute approximate surface area is 203 Å². The molecule has 4 aromatic rings. The molecule has 2 heterocycles. The fourth-order valence-corrected chi connectivity index (χ4v) is 3.83. The first-order valence-electron chi connectivity index (χ1n) is 10.7. The largest absolute Gasteiger partial charge is 0.383 e. The van der Waals surface area contributed by atoms with Crippen LogP contribution < -0.4 is 10.6 Å². The number of hydrogen-bond acceptors (Lipinski definition) is 6. The maximum absolute atomic E-state index is 12.6. The summed E-state index contributed by atoms with van der Waals surface area (Å²) in [6.07, 6.45) is 4.86. The van der Waals surface area contributed by atoms with E-state index in [-0.39, 0.29) is 5.91 Å². The summed E-state index contributed by atoms with van der Waals surface area (Å²) in [4.78, 5) is 24.8. The third-order valence-electron chi connectivity index (χ3n) is 5.46. The monoisotopic (exact) mass is 475 g/mol. The van der Waals surface area contributed by atoms with E-state index in [1.54, 1.807) is 34.8 Å². The number of amides is 1. The maximum atomic E-state index is 12.6. The lowest BCUT2D eigenvalue weighted by Gasteiger charge is -2.19. The normalized spacial score (nSPS) is 11.6. The van der Waals surface area contributed by atoms with Gasteiger partial charge in [0.05, 0.1) is 11.1 Å². The number of carbonyl (C=O) groups excluding carboxylic acids is 1. The Hall–Kier alpha value is -3.75. The second-order valence-electron chi connectivity index (χ2n) is 8.26. The van der Waals surface area contributed by atoms with Gasteiger partial charge in [-0.15, -0.1) is 0 Å². The molecule has 0 aliphatic carbocycles. The SMILES string of the molecule is Cc1cc(-n2nc(-c3ccc(Cl)cc3)c3c(N)ncnc32)ccc1N(C)C(=O)C=CCN(C)C. The summed E-state index contributed by atoms with van der Waals surface area (Å²) in [6, 6.07) is 13.2. The zero-order valence-corrected chi connectivity index (χ0v) is 20.3. The average molecular weight is 476 g/mol. The molecule has 0 aliphatic heterocycles. The van der Waals surface area contributed by atoms with E-state index in [9.17, 15) is 4.79 Å². The van der Waals surface area contributed by atoms with E-state index < -0.39 is 0 Å². The molecular formula is C25H26ClN7O. The highest BCUT2D eigenvalue weighted by molar-refractivity contribution is 6.30. The number of nitrogens with two attached hydrogens (primary N) is 1. The van der Waals surface area contributed by atoms with Crippen molar-refractivity contribution in [3.8, 4) is 16.9 Å². The number of rotatable bonds is 6. The van der Waals surface area contributed by atoms with Gasteiger partial charge in [-0.1, -0.05) is 29.8 Å². The van der Waals surface area contributed by atoms with Crippen molar-refractivity contribution >= 4 is 40.0 Å². The van der Waals surface area contributed by atoms with Gasteiger partial charge in [-0.3, -0.25) is 4.79 Å². The molecule has 2 aromatic carbocycles. The first-order valence-corrected chi connectivity index (χ1v) is 11.1. The lowest BCUT2D eigenvalue weighted by atomic mass is 10.1. The van der Waals surface area contributed by atoms with Crippen molar-refractivity contribution in [3.63, 3.8) is 0 Å². The van der Waals surface area contributed by atoms with E-state index in [4.69, 9.17) is 22.4 Å². The van der Waals surface area contributed by atoms with Crippen molar-refractivity contribution in [1.82, 2.24) is 24.6 Å². The van der Waals surface area contributed by atoms with Gasteiger partial charge in [-0.2, -0.15) is 5.10 Å². The molecule has 0 saturated heterocycles. The van der Waals surface area contributed by atoms with Crippen LogP contribution in [0.3, 0.4) is 0 Å². The van der Waals surface area contributed by atoms with Gasteiger partial charge in [0.25, 0.3) is 0 Å². The number of aromatic nitrogens is 4. The lowest BCUT2D eigenvalue weighted by Crippen LogP contribution is -2.25. The van der Waals surface area contributed by atoms with Crippen LogP contribution in [0.25, 0.3) is 28.0 Å². The fraction of sp³-hybridized carbons (Fsp3) is 0.200. The van der Waals surface area contributed by atoms with Crippen molar-refractivity contribution in [1.29, 1.82) is 0 Å². The molecule has 0 bridgehead atoms. The molecule has 0 aliphatic rings. The van der Waals surface area contributed by atoms with Crippen LogP contribution in [0, 0.1) is 6.92 Å². The summed E-state index contributed by atoms with van der Waals surface area (Å²) in [6.45, 7) is 2.66. The molecule has 0 fully saturated rings. The zero-order valence-electron chi connectivity index (χ0n) is 19.5. The minimum absolute atomic E-state index is 0.0900. The number of halogens is 1. The second kappa shape index (κ2) is 9.62. The summed E-state index contributed by atoms with van der Waals surface area (Å²) in [5.41, 5.74) is 10.9. The van der Waals surface area contributed by atoms with Crippen molar-refractivity contribution < 1.29 is 4.79 Å². The predicted molar refractivity (Wildman–Crippen MR) is 137 cm³/mol. The second-order valence-corrected chi connectivity index (χ2v) is 8.69. The average Bonchev–Trinajstić information content (AvgIpc) is 3.20. The van der Waals surface area contributed by atoms with E-state index in [0.717, 1.165) is 22.5 Å². The number of fused-ring (bicyclic) bond motifs is 1. The maximum Gasteiger partial charge on any atom is 0.250 e. The molecule has 2 aromatic heterocycles. The molecule has 0 atom stereocenters. The van der Waals surface area contributed by atoms with Gasteiger partial charge in [-0.05, 0) is 56.9 Å². The molecule has 8 nitrogen and oxygen atoms in total. The molecule has 0 unspecified atom stereocenters. The Balaban J connectivity index is 1.74. The molecule has 34 heavy (non-hydrogen) atoms. The van der Waals surface area contributed by atoms with Gasteiger partial charge >= 0.3 is 0 Å². The van der Waals surface area contributed by atoms with Crippen molar-refractivity contribution in [2.24, 2.45) is 0 Å². The Morgan fingerprint density at radius 2 is 1.85 bits per heavy atom. The van der Waals surface area contributed by atoms with Crippen LogP contribution in [0.15, 0.2) is 60.9 Å². The van der Waals surface area contributed by atoms with Gasteiger partial charge in [0.1, 0.15) is 17.8 Å². The van der Waals surface area contributed by atoms with Gasteiger partial charge in [-0.25, -0.2) is 14.6 Å². The fourth-order valence-electron chi connectivity index (χ4n) is 3.71. The molecule has 9 heteroatoms. The van der Waals surface area contributed by atoms with Crippen LogP contribution in [0.5, 0.6) is 0 Å². The predicted octanol–water partition coefficient (Wildman–Crippen LogP) is 4.11. The lowest BCUT2D eigenvalue weighted by molar-refractivity contribution is -0.113. The highest BCUT2D eigenvalue weighted by atomic mass is 35.5. The zero-order chi connectivity index (χ0) is 24.4. The molecule has 174 valence electrons. The minimum atomic E-state index is -0.0900. The Morgan fingerprint density at radius 1 is 1.12 bits per heavy atom. The first-order chi connectivity index (χ1) is 16.3. The molecule has 0 saturated carbocycles. The van der Waals surface area contributed by atoms with Crippen molar-refractivity contribution in [3.05, 3.63) is 71.5 Å². The molecule has 0 radical (unpaired) electrons. The van der Waals surface area contributed by atoms with Crippen LogP contribution >= 0.6 is 11.6 Å². The number of carbonyl (C=O) groups is 1. The van der Waals surface area contributed by atoms with E-state index in [1.807, 2.05) is 62.3 Å². The van der Waals surface area contributed by atoms with Gasteiger partial charge < -0.3 is 15.5 Å². The van der Waals surface area contributed by atoms with Gasteiger partial charge in [0.2, 0.25) is 5.91 Å². The van der Waals surface area contributed by atoms with Crippen molar-refractivity contribution in [2.75, 3.05) is 38.3 Å². The number of benzene rings is 2. The third kappa shape index (κ3) is 4.64. The van der Waals surface area contributed by atoms with Gasteiger partial charge in [0, 0.05) is 35.9 Å². The standard InChI is InChI=1S/C25H26ClN7O/c1-16-14-19(11-12-20(16)32(4)21(34)6-5-13-31(2)3)33-25-22(24(27)28-15-29-25)23(30-33)17-7-9-18(26)10-8-17/h5-12,14-15H,13H2,1-4H3,(H2,27,28,29). The first kappa shape index (κ1) is 23.4. The topological polar surface area (TPSA) is 93.2 Å². The summed E-state index contributed by atoms with van der Waals surface area (Å²) in [5.74, 6) is 0.261. The minimum Gasteiger partial charge on any atom is -0.383 e. The number of likely N-dealkylation sites (N-methyl/N-ethyl adjacent to an activating group) is 2. The van der Waals surface area contributed by atoms with Crippen molar-refractivity contribution in [2.45, 2.75) is 6.92 Å². The summed E-state index contributed by atoms with van der Waals surface area (Å²) >= 11 is 6.06. The van der Waals surface area contributed by atoms with E-state index >= 15 is 0 Å². The molecular weight excluding hydrogens is 450 g/mol. The summed E-state index contributed by atoms with van der Waals surface area (Å²) in [7, 11) is 5.68. The number of nitrogens with zero attached hydrogens (tertiary/aromatic N) is 6. The molecule has 2 N–H and O–H groups in total. The van der Waals surface area contributed by atoms with Crippen LogP contribution in [0.1, 0.15) is 5.56 Å². The van der Waals surface area contributed by atoms with Crippen LogP contribution in [0.4, 0.5) is 11.5 Å². The van der Waals surface area contributed by atoms with E-state index in [1.165, 1.54) is 6.33 Å². The van der Waals surface area contributed by atoms with E-state index in [0.29, 0.717) is 34.1 Å². The Bertz CT molecular complexity index is 1380. The molecule has 1 amide bonds. The quantitative estimate of drug-likeness (QED) is 0.422. The number of aryl methyl sites for hydroxylation is 1. The highest BCUT2D eigenvalue weighted by Gasteiger charge is 2.19. The van der Waals surface area contributed by atoms with Crippen LogP contribution in [-0.4, -0.2) is 58.2 Å². The number of nitrogen functional groups attached to an aromatic ring is 1. The molecule has 0 spiro atoms. The Kier molecular flexibility index (Phi) is 6.63. The van der Waals surface area contributed by atoms with Crippen LogP contribution in [-0.2, 0) is 4.79 Å². The third-order valence-corrected chi connectivity index (χ3v) is 5.71. The van der Waals surface area contributed by atoms with E-state index in [2.05, 4.69) is 9.97 Å². The Morgan fingerprint density at radius 3 is 2.53 bits per heavy atom. The number of anilines is 2. The highest BCUT2D eigenvalue weighted by Crippen LogP contribution is 2.33. The summed E-state index contributed by atoms with van der Waals surface area (Å²) in [5, 5.41) is 6.13. The summed E-state index contributed by atoms with van der Waals surface area (Å²) < 4.78 is 1.74.